The van der Waals surface area contributed by atoms with E-state index < -0.39 is 0 Å². The van der Waals surface area contributed by atoms with Gasteiger partial charge in [0, 0.05) is 23.3 Å². The van der Waals surface area contributed by atoms with Crippen molar-refractivity contribution in [3.05, 3.63) is 65.2 Å². The molecular weight excluding hydrogens is 352 g/mol. The van der Waals surface area contributed by atoms with Crippen LogP contribution in [-0.2, 0) is 29.0 Å². The van der Waals surface area contributed by atoms with Gasteiger partial charge in [0.2, 0.25) is 0 Å². The first-order chi connectivity index (χ1) is 13.7. The lowest BCUT2D eigenvalue weighted by Crippen LogP contribution is -2.07. The summed E-state index contributed by atoms with van der Waals surface area (Å²) in [5.41, 5.74) is 7.45. The van der Waals surface area contributed by atoms with E-state index >= 15 is 0 Å². The summed E-state index contributed by atoms with van der Waals surface area (Å²) in [6.45, 7) is 5.19. The summed E-state index contributed by atoms with van der Waals surface area (Å²) in [4.78, 5) is 12.0. The highest BCUT2D eigenvalue weighted by molar-refractivity contribution is 5.90. The number of hydrogen-bond donors (Lipinski definition) is 0. The molecule has 0 unspecified atom stereocenters. The molecule has 0 N–H and O–H groups in total. The number of ether oxygens (including phenoxy) is 2. The summed E-state index contributed by atoms with van der Waals surface area (Å²) in [5.74, 6) is -0.298. The van der Waals surface area contributed by atoms with Gasteiger partial charge in [-0.25, -0.2) is 9.48 Å². The van der Waals surface area contributed by atoms with Crippen molar-refractivity contribution in [3.8, 4) is 22.5 Å². The fourth-order valence-electron chi connectivity index (χ4n) is 3.75. The number of esters is 1. The standard InChI is InChI=1S/C23H24N2O3/c1-3-27-15-25-22(17-9-11-18(12-10-17)23(26)28-4-2)20-14-13-16-7-5-6-8-19(16)21(20)24-25/h5-12H,3-4,13-15H2,1-2H3. The Hall–Kier alpha value is -2.92. The monoisotopic (exact) mass is 376 g/mol. The molecule has 3 aromatic rings. The second-order valence-corrected chi connectivity index (χ2v) is 6.75. The van der Waals surface area contributed by atoms with Crippen molar-refractivity contribution in [2.24, 2.45) is 0 Å². The zero-order chi connectivity index (χ0) is 19.5. The molecule has 144 valence electrons. The molecule has 0 atom stereocenters. The molecule has 0 saturated heterocycles. The number of fused-ring (bicyclic) bond motifs is 3. The third-order valence-corrected chi connectivity index (χ3v) is 5.05. The predicted molar refractivity (Wildman–Crippen MR) is 108 cm³/mol. The van der Waals surface area contributed by atoms with Gasteiger partial charge in [0.15, 0.2) is 0 Å². The normalized spacial score (nSPS) is 12.4. The third kappa shape index (κ3) is 3.34. The molecule has 1 aliphatic carbocycles. The molecule has 5 nitrogen and oxygen atoms in total. The molecule has 0 saturated carbocycles. The largest absolute Gasteiger partial charge is 0.462 e. The van der Waals surface area contributed by atoms with E-state index in [0.29, 0.717) is 25.5 Å². The van der Waals surface area contributed by atoms with Crippen LogP contribution in [0.3, 0.4) is 0 Å². The van der Waals surface area contributed by atoms with Crippen LogP contribution >= 0.6 is 0 Å². The van der Waals surface area contributed by atoms with Gasteiger partial charge in [-0.05, 0) is 44.4 Å². The van der Waals surface area contributed by atoms with Gasteiger partial charge in [-0.3, -0.25) is 0 Å². The second kappa shape index (κ2) is 7.98. The van der Waals surface area contributed by atoms with Crippen LogP contribution in [0.5, 0.6) is 0 Å². The molecule has 0 bridgehead atoms. The Kier molecular flexibility index (Phi) is 5.26. The molecule has 0 aliphatic heterocycles. The summed E-state index contributed by atoms with van der Waals surface area (Å²) in [6.07, 6.45) is 1.94. The average Bonchev–Trinajstić information content (AvgIpc) is 3.11. The van der Waals surface area contributed by atoms with Crippen LogP contribution in [0.4, 0.5) is 0 Å². The molecular formula is C23H24N2O3. The molecule has 0 amide bonds. The summed E-state index contributed by atoms with van der Waals surface area (Å²) in [7, 11) is 0. The maximum atomic E-state index is 12.0. The van der Waals surface area contributed by atoms with Crippen LogP contribution in [0.2, 0.25) is 0 Å². The Bertz CT molecular complexity index is 990. The fraction of sp³-hybridized carbons (Fsp3) is 0.304. The number of rotatable bonds is 6. The topological polar surface area (TPSA) is 53.4 Å². The molecule has 1 aliphatic rings. The predicted octanol–water partition coefficient (Wildman–Crippen LogP) is 4.49. The zero-order valence-electron chi connectivity index (χ0n) is 16.3. The summed E-state index contributed by atoms with van der Waals surface area (Å²) >= 11 is 0. The third-order valence-electron chi connectivity index (χ3n) is 5.05. The maximum Gasteiger partial charge on any atom is 0.338 e. The minimum absolute atomic E-state index is 0.298. The molecule has 2 aromatic carbocycles. The molecule has 0 radical (unpaired) electrons. The van der Waals surface area contributed by atoms with Crippen molar-refractivity contribution in [1.82, 2.24) is 9.78 Å². The van der Waals surface area contributed by atoms with Gasteiger partial charge in [0.05, 0.1) is 23.6 Å². The van der Waals surface area contributed by atoms with Crippen LogP contribution in [0.15, 0.2) is 48.5 Å². The lowest BCUT2D eigenvalue weighted by atomic mass is 9.88. The van der Waals surface area contributed by atoms with Crippen LogP contribution in [-0.4, -0.2) is 29.0 Å². The average molecular weight is 376 g/mol. The van der Waals surface area contributed by atoms with E-state index in [0.717, 1.165) is 29.8 Å². The number of carbonyl (C=O) groups is 1. The quantitative estimate of drug-likeness (QED) is 0.595. The van der Waals surface area contributed by atoms with Crippen molar-refractivity contribution < 1.29 is 14.3 Å². The van der Waals surface area contributed by atoms with Crippen LogP contribution in [0, 0.1) is 0 Å². The van der Waals surface area contributed by atoms with Crippen molar-refractivity contribution in [2.75, 3.05) is 13.2 Å². The highest BCUT2D eigenvalue weighted by Gasteiger charge is 2.25. The highest BCUT2D eigenvalue weighted by atomic mass is 16.5. The van der Waals surface area contributed by atoms with E-state index in [1.54, 1.807) is 0 Å². The molecule has 5 heteroatoms. The van der Waals surface area contributed by atoms with E-state index in [-0.39, 0.29) is 5.97 Å². The van der Waals surface area contributed by atoms with Gasteiger partial charge in [0.1, 0.15) is 6.73 Å². The lowest BCUT2D eigenvalue weighted by molar-refractivity contribution is 0.0526. The van der Waals surface area contributed by atoms with Gasteiger partial charge in [-0.2, -0.15) is 5.10 Å². The summed E-state index contributed by atoms with van der Waals surface area (Å²) in [5, 5.41) is 4.89. The smallest absolute Gasteiger partial charge is 0.338 e. The number of hydrogen-bond acceptors (Lipinski definition) is 4. The maximum absolute atomic E-state index is 12.0. The number of benzene rings is 2. The minimum atomic E-state index is -0.298. The van der Waals surface area contributed by atoms with Gasteiger partial charge in [-0.1, -0.05) is 36.4 Å². The van der Waals surface area contributed by atoms with Crippen LogP contribution < -0.4 is 0 Å². The first-order valence-corrected chi connectivity index (χ1v) is 9.76. The Balaban J connectivity index is 1.78. The zero-order valence-corrected chi connectivity index (χ0v) is 16.3. The van der Waals surface area contributed by atoms with Gasteiger partial charge < -0.3 is 9.47 Å². The molecule has 4 rings (SSSR count). The molecule has 0 spiro atoms. The van der Waals surface area contributed by atoms with Crippen molar-refractivity contribution in [3.63, 3.8) is 0 Å². The van der Waals surface area contributed by atoms with Gasteiger partial charge in [-0.15, -0.1) is 0 Å². The Morgan fingerprint density at radius 3 is 2.57 bits per heavy atom. The number of aryl methyl sites for hydroxylation is 1. The Morgan fingerprint density at radius 2 is 1.82 bits per heavy atom. The minimum Gasteiger partial charge on any atom is -0.462 e. The Labute approximate surface area is 164 Å². The number of carbonyl (C=O) groups excluding carboxylic acids is 1. The molecule has 0 fully saturated rings. The molecule has 1 heterocycles. The van der Waals surface area contributed by atoms with Crippen LogP contribution in [0.1, 0.15) is 35.3 Å². The number of nitrogens with zero attached hydrogens (tertiary/aromatic N) is 2. The Morgan fingerprint density at radius 1 is 1.04 bits per heavy atom. The van der Waals surface area contributed by atoms with Crippen molar-refractivity contribution in [1.29, 1.82) is 0 Å². The second-order valence-electron chi connectivity index (χ2n) is 6.75. The highest BCUT2D eigenvalue weighted by Crippen LogP contribution is 2.38. The van der Waals surface area contributed by atoms with E-state index in [1.807, 2.05) is 42.8 Å². The van der Waals surface area contributed by atoms with Crippen LogP contribution in [0.25, 0.3) is 22.5 Å². The van der Waals surface area contributed by atoms with Gasteiger partial charge in [0.25, 0.3) is 0 Å². The van der Waals surface area contributed by atoms with E-state index in [9.17, 15) is 4.79 Å². The SMILES string of the molecule is CCOCn1nc2c(c1-c1ccc(C(=O)OCC)cc1)CCc1ccccc1-2. The first-order valence-electron chi connectivity index (χ1n) is 9.76. The number of aromatic nitrogens is 2. The molecule has 28 heavy (non-hydrogen) atoms. The fourth-order valence-corrected chi connectivity index (χ4v) is 3.75. The van der Waals surface area contributed by atoms with Gasteiger partial charge >= 0.3 is 5.97 Å². The molecule has 1 aromatic heterocycles. The lowest BCUT2D eigenvalue weighted by Gasteiger charge is -2.16. The summed E-state index contributed by atoms with van der Waals surface area (Å²) < 4.78 is 12.7. The van der Waals surface area contributed by atoms with E-state index in [4.69, 9.17) is 14.6 Å². The first kappa shape index (κ1) is 18.4. The van der Waals surface area contributed by atoms with Crippen molar-refractivity contribution >= 4 is 5.97 Å². The van der Waals surface area contributed by atoms with E-state index in [2.05, 4.69) is 24.3 Å². The summed E-state index contributed by atoms with van der Waals surface area (Å²) in [6, 6.07) is 16.0. The van der Waals surface area contributed by atoms with Crippen molar-refractivity contribution in [2.45, 2.75) is 33.4 Å². The van der Waals surface area contributed by atoms with E-state index in [1.165, 1.54) is 16.7 Å².